The maximum Gasteiger partial charge on any atom is 0.131 e. The van der Waals surface area contributed by atoms with E-state index in [1.54, 1.807) is 12.1 Å². The summed E-state index contributed by atoms with van der Waals surface area (Å²) in [4.78, 5) is 0. The van der Waals surface area contributed by atoms with Gasteiger partial charge in [0.05, 0.1) is 7.11 Å². The van der Waals surface area contributed by atoms with E-state index >= 15 is 0 Å². The summed E-state index contributed by atoms with van der Waals surface area (Å²) in [5, 5.41) is 3.28. The second-order valence-corrected chi connectivity index (χ2v) is 5.13. The first kappa shape index (κ1) is 15.3. The molecule has 1 rings (SSSR count). The molecule has 102 valence electrons. The van der Waals surface area contributed by atoms with Gasteiger partial charge in [-0.25, -0.2) is 4.39 Å². The molecule has 2 nitrogen and oxygen atoms in total. The standard InChI is InChI=1S/C14H21ClFNO/c1-10(2)6-12(8-15)17-9-11-4-5-13(18-3)7-14(11)16/h4-5,7,10,12,17H,6,8-9H2,1-3H3. The molecule has 1 N–H and O–H groups in total. The van der Waals surface area contributed by atoms with E-state index < -0.39 is 0 Å². The first-order chi connectivity index (χ1) is 8.56. The van der Waals surface area contributed by atoms with Gasteiger partial charge < -0.3 is 10.1 Å². The van der Waals surface area contributed by atoms with Gasteiger partial charge in [0.1, 0.15) is 11.6 Å². The molecule has 0 aromatic heterocycles. The lowest BCUT2D eigenvalue weighted by Gasteiger charge is -2.18. The third-order valence-corrected chi connectivity index (χ3v) is 3.16. The van der Waals surface area contributed by atoms with Crippen LogP contribution in [0.3, 0.4) is 0 Å². The van der Waals surface area contributed by atoms with Crippen LogP contribution >= 0.6 is 11.6 Å². The molecule has 0 aliphatic carbocycles. The van der Waals surface area contributed by atoms with E-state index in [-0.39, 0.29) is 11.9 Å². The predicted octanol–water partition coefficient (Wildman–Crippen LogP) is 3.58. The van der Waals surface area contributed by atoms with Crippen molar-refractivity contribution >= 4 is 11.6 Å². The number of alkyl halides is 1. The van der Waals surface area contributed by atoms with Crippen LogP contribution in [0.15, 0.2) is 18.2 Å². The molecule has 0 radical (unpaired) electrons. The van der Waals surface area contributed by atoms with Crippen LogP contribution in [0.5, 0.6) is 5.75 Å². The number of ether oxygens (including phenoxy) is 1. The Morgan fingerprint density at radius 1 is 1.39 bits per heavy atom. The fourth-order valence-corrected chi connectivity index (χ4v) is 2.06. The Balaban J connectivity index is 2.56. The molecule has 0 bridgehead atoms. The van der Waals surface area contributed by atoms with E-state index in [0.29, 0.717) is 29.7 Å². The van der Waals surface area contributed by atoms with Crippen molar-refractivity contribution in [1.29, 1.82) is 0 Å². The molecule has 1 atom stereocenters. The van der Waals surface area contributed by atoms with Crippen molar-refractivity contribution in [2.24, 2.45) is 5.92 Å². The average Bonchev–Trinajstić information content (AvgIpc) is 2.35. The van der Waals surface area contributed by atoms with Crippen molar-refractivity contribution in [2.75, 3.05) is 13.0 Å². The largest absolute Gasteiger partial charge is 0.497 e. The fraction of sp³-hybridized carbons (Fsp3) is 0.571. The zero-order valence-electron chi connectivity index (χ0n) is 11.2. The van der Waals surface area contributed by atoms with E-state index in [9.17, 15) is 4.39 Å². The summed E-state index contributed by atoms with van der Waals surface area (Å²) < 4.78 is 18.7. The monoisotopic (exact) mass is 273 g/mol. The van der Waals surface area contributed by atoms with Gasteiger partial charge in [-0.05, 0) is 18.4 Å². The second-order valence-electron chi connectivity index (χ2n) is 4.82. The third kappa shape index (κ3) is 4.83. The molecule has 0 saturated heterocycles. The van der Waals surface area contributed by atoms with Crippen LogP contribution in [0.4, 0.5) is 4.39 Å². The number of nitrogens with one attached hydrogen (secondary N) is 1. The Hall–Kier alpha value is -0.800. The lowest BCUT2D eigenvalue weighted by atomic mass is 10.0. The van der Waals surface area contributed by atoms with Crippen molar-refractivity contribution in [3.63, 3.8) is 0 Å². The lowest BCUT2D eigenvalue weighted by molar-refractivity contribution is 0.409. The van der Waals surface area contributed by atoms with E-state index in [1.807, 2.05) is 0 Å². The normalized spacial score (nSPS) is 12.8. The topological polar surface area (TPSA) is 21.3 Å². The Bertz CT molecular complexity index is 371. The molecule has 4 heteroatoms. The van der Waals surface area contributed by atoms with Crippen molar-refractivity contribution in [1.82, 2.24) is 5.32 Å². The van der Waals surface area contributed by atoms with Gasteiger partial charge >= 0.3 is 0 Å². The number of methoxy groups -OCH3 is 1. The maximum atomic E-state index is 13.7. The van der Waals surface area contributed by atoms with Gasteiger partial charge in [0.25, 0.3) is 0 Å². The molecule has 0 saturated carbocycles. The average molecular weight is 274 g/mol. The van der Waals surface area contributed by atoms with Crippen LogP contribution in [0.2, 0.25) is 0 Å². The highest BCUT2D eigenvalue weighted by atomic mass is 35.5. The Morgan fingerprint density at radius 2 is 2.11 bits per heavy atom. The third-order valence-electron chi connectivity index (χ3n) is 2.78. The van der Waals surface area contributed by atoms with Gasteiger partial charge in [0.2, 0.25) is 0 Å². The van der Waals surface area contributed by atoms with E-state index in [4.69, 9.17) is 16.3 Å². The summed E-state index contributed by atoms with van der Waals surface area (Å²) in [6.07, 6.45) is 0.987. The Kier molecular flexibility index (Phi) is 6.44. The second kappa shape index (κ2) is 7.59. The van der Waals surface area contributed by atoms with Crippen LogP contribution in [0.1, 0.15) is 25.8 Å². The molecule has 1 aromatic carbocycles. The summed E-state index contributed by atoms with van der Waals surface area (Å²) in [5.74, 6) is 1.39. The van der Waals surface area contributed by atoms with Crippen LogP contribution in [0, 0.1) is 11.7 Å². The number of halogens is 2. The van der Waals surface area contributed by atoms with Crippen LogP contribution < -0.4 is 10.1 Å². The molecule has 1 aromatic rings. The molecule has 0 amide bonds. The molecule has 0 spiro atoms. The van der Waals surface area contributed by atoms with Crippen molar-refractivity contribution in [3.8, 4) is 5.75 Å². The van der Waals surface area contributed by atoms with Crippen LogP contribution in [-0.2, 0) is 6.54 Å². The van der Waals surface area contributed by atoms with Gasteiger partial charge in [-0.1, -0.05) is 19.9 Å². The first-order valence-electron chi connectivity index (χ1n) is 6.18. The van der Waals surface area contributed by atoms with Crippen LogP contribution in [0.25, 0.3) is 0 Å². The van der Waals surface area contributed by atoms with E-state index in [1.165, 1.54) is 13.2 Å². The van der Waals surface area contributed by atoms with Crippen LogP contribution in [-0.4, -0.2) is 19.0 Å². The molecule has 0 fully saturated rings. The summed E-state index contributed by atoms with van der Waals surface area (Å²) in [5.41, 5.74) is 0.634. The predicted molar refractivity (Wildman–Crippen MR) is 73.8 cm³/mol. The van der Waals surface area contributed by atoms with E-state index in [2.05, 4.69) is 19.2 Å². The molecular formula is C14H21ClFNO. The van der Waals surface area contributed by atoms with Gasteiger partial charge in [0, 0.05) is 30.1 Å². The number of rotatable bonds is 7. The number of hydrogen-bond donors (Lipinski definition) is 1. The smallest absolute Gasteiger partial charge is 0.131 e. The highest BCUT2D eigenvalue weighted by Gasteiger charge is 2.10. The van der Waals surface area contributed by atoms with Gasteiger partial charge in [-0.2, -0.15) is 0 Å². The van der Waals surface area contributed by atoms with Crippen molar-refractivity contribution in [2.45, 2.75) is 32.9 Å². The number of hydrogen-bond acceptors (Lipinski definition) is 2. The highest BCUT2D eigenvalue weighted by Crippen LogP contribution is 2.16. The molecule has 0 heterocycles. The van der Waals surface area contributed by atoms with E-state index in [0.717, 1.165) is 6.42 Å². The SMILES string of the molecule is COc1ccc(CNC(CCl)CC(C)C)c(F)c1. The quantitative estimate of drug-likeness (QED) is 0.767. The van der Waals surface area contributed by atoms with Crippen molar-refractivity contribution < 1.29 is 9.13 Å². The summed E-state index contributed by atoms with van der Waals surface area (Å²) in [6.45, 7) is 4.78. The molecule has 0 aliphatic rings. The Morgan fingerprint density at radius 3 is 2.61 bits per heavy atom. The zero-order valence-corrected chi connectivity index (χ0v) is 11.9. The summed E-state index contributed by atoms with van der Waals surface area (Å²) >= 11 is 5.89. The molecular weight excluding hydrogens is 253 g/mol. The highest BCUT2D eigenvalue weighted by molar-refractivity contribution is 6.18. The minimum atomic E-state index is -0.250. The first-order valence-corrected chi connectivity index (χ1v) is 6.72. The number of benzene rings is 1. The molecule has 0 aliphatic heterocycles. The fourth-order valence-electron chi connectivity index (χ4n) is 1.82. The summed E-state index contributed by atoms with van der Waals surface area (Å²) in [7, 11) is 1.53. The molecule has 18 heavy (non-hydrogen) atoms. The maximum absolute atomic E-state index is 13.7. The minimum absolute atomic E-state index is 0.216. The zero-order chi connectivity index (χ0) is 13.5. The molecule has 1 unspecified atom stereocenters. The Labute approximate surface area is 113 Å². The van der Waals surface area contributed by atoms with Gasteiger partial charge in [-0.3, -0.25) is 0 Å². The van der Waals surface area contributed by atoms with Gasteiger partial charge in [-0.15, -0.1) is 11.6 Å². The van der Waals surface area contributed by atoms with Gasteiger partial charge in [0.15, 0.2) is 0 Å². The lowest BCUT2D eigenvalue weighted by Crippen LogP contribution is -2.31. The van der Waals surface area contributed by atoms with Crippen molar-refractivity contribution in [3.05, 3.63) is 29.6 Å². The minimum Gasteiger partial charge on any atom is -0.497 e. The summed E-state index contributed by atoms with van der Waals surface area (Å²) in [6, 6.07) is 5.11.